The van der Waals surface area contributed by atoms with Gasteiger partial charge >= 0.3 is 0 Å². The van der Waals surface area contributed by atoms with E-state index in [2.05, 4.69) is 10.2 Å². The van der Waals surface area contributed by atoms with Crippen LogP contribution in [0.25, 0.3) is 0 Å². The van der Waals surface area contributed by atoms with Crippen LogP contribution >= 0.6 is 0 Å². The molecular weight excluding hydrogens is 374 g/mol. The number of fused-ring (bicyclic) bond motifs is 3. The number of anilines is 2. The van der Waals surface area contributed by atoms with Crippen LogP contribution in [-0.4, -0.2) is 40.9 Å². The fraction of sp³-hybridized carbons (Fsp3) is 0.680. The molecule has 3 aliphatic heterocycles. The molecule has 30 heavy (non-hydrogen) atoms. The largest absolute Gasteiger partial charge is 0.324 e. The summed E-state index contributed by atoms with van der Waals surface area (Å²) in [6, 6.07) is 9.92. The van der Waals surface area contributed by atoms with Crippen molar-refractivity contribution < 1.29 is 9.59 Å². The van der Waals surface area contributed by atoms with Crippen molar-refractivity contribution in [3.8, 4) is 0 Å². The second-order valence-corrected chi connectivity index (χ2v) is 9.82. The Bertz CT molecular complexity index is 772. The molecule has 0 spiro atoms. The fourth-order valence-electron chi connectivity index (χ4n) is 6.67. The van der Waals surface area contributed by atoms with Gasteiger partial charge in [0, 0.05) is 24.2 Å². The molecule has 2 bridgehead atoms. The number of para-hydroxylation sites is 2. The topological polar surface area (TPSA) is 52.7 Å². The molecule has 0 aromatic heterocycles. The minimum atomic E-state index is -0.192. The third kappa shape index (κ3) is 3.89. The number of carbonyl (C=O) groups is 2. The van der Waals surface area contributed by atoms with Crippen molar-refractivity contribution in [3.63, 3.8) is 0 Å². The molecule has 2 amide bonds. The summed E-state index contributed by atoms with van der Waals surface area (Å²) >= 11 is 0. The minimum Gasteiger partial charge on any atom is -0.324 e. The third-order valence-corrected chi connectivity index (χ3v) is 7.89. The predicted octanol–water partition coefficient (Wildman–Crippen LogP) is 4.86. The lowest BCUT2D eigenvalue weighted by Gasteiger charge is -2.54. The molecule has 0 radical (unpaired) electrons. The molecule has 3 atom stereocenters. The van der Waals surface area contributed by atoms with E-state index in [1.54, 1.807) is 0 Å². The lowest BCUT2D eigenvalue weighted by atomic mass is 9.78. The first-order valence-electron chi connectivity index (χ1n) is 12.2. The van der Waals surface area contributed by atoms with Crippen molar-refractivity contribution in [1.82, 2.24) is 4.90 Å². The van der Waals surface area contributed by atoms with E-state index in [-0.39, 0.29) is 24.3 Å². The van der Waals surface area contributed by atoms with Crippen LogP contribution in [0.3, 0.4) is 0 Å². The Kier molecular flexibility index (Phi) is 5.81. The van der Waals surface area contributed by atoms with E-state index in [0.29, 0.717) is 12.1 Å². The highest BCUT2D eigenvalue weighted by atomic mass is 16.2. The molecule has 5 heteroatoms. The number of rotatable bonds is 2. The Hall–Kier alpha value is -1.88. The molecule has 1 aromatic rings. The minimum absolute atomic E-state index is 0.0417. The number of hydrogen-bond donors (Lipinski definition) is 1. The summed E-state index contributed by atoms with van der Waals surface area (Å²) in [4.78, 5) is 30.2. The number of piperidine rings is 2. The van der Waals surface area contributed by atoms with Crippen LogP contribution in [0.1, 0.15) is 83.5 Å². The summed E-state index contributed by atoms with van der Waals surface area (Å²) in [6.07, 6.45) is 15.5. The Labute approximate surface area is 180 Å². The Morgan fingerprint density at radius 2 is 1.37 bits per heavy atom. The first-order chi connectivity index (χ1) is 14.7. The van der Waals surface area contributed by atoms with Crippen molar-refractivity contribution in [1.29, 1.82) is 0 Å². The van der Waals surface area contributed by atoms with Crippen LogP contribution in [0.2, 0.25) is 0 Å². The maximum Gasteiger partial charge on any atom is 0.236 e. The van der Waals surface area contributed by atoms with E-state index in [9.17, 15) is 9.59 Å². The average Bonchev–Trinajstić information content (AvgIpc) is 2.81. The number of nitrogens with zero attached hydrogens (tertiary/aromatic N) is 2. The molecule has 1 saturated carbocycles. The summed E-state index contributed by atoms with van der Waals surface area (Å²) < 4.78 is 0. The van der Waals surface area contributed by atoms with E-state index < -0.39 is 0 Å². The normalized spacial score (nSPS) is 31.3. The summed E-state index contributed by atoms with van der Waals surface area (Å²) in [5.74, 6) is -0.234. The van der Waals surface area contributed by atoms with Gasteiger partial charge in [0.15, 0.2) is 0 Å². The summed E-state index contributed by atoms with van der Waals surface area (Å²) in [6.45, 7) is 0. The maximum atomic E-state index is 13.1. The second-order valence-electron chi connectivity index (χ2n) is 9.82. The van der Waals surface area contributed by atoms with Gasteiger partial charge in [-0.3, -0.25) is 14.5 Å². The van der Waals surface area contributed by atoms with Gasteiger partial charge in [0.1, 0.15) is 6.42 Å². The zero-order chi connectivity index (χ0) is 20.5. The SMILES string of the molecule is O=C1CC(=O)N(C2C[C@H]3CCC[C@@H](C2)N3C2CCCCCCC2)c2ccccc2N1. The van der Waals surface area contributed by atoms with Crippen LogP contribution in [0.15, 0.2) is 24.3 Å². The van der Waals surface area contributed by atoms with Gasteiger partial charge in [-0.1, -0.05) is 50.7 Å². The highest BCUT2D eigenvalue weighted by Crippen LogP contribution is 2.42. The number of carbonyl (C=O) groups excluding carboxylic acids is 2. The van der Waals surface area contributed by atoms with Gasteiger partial charge < -0.3 is 10.2 Å². The highest BCUT2D eigenvalue weighted by molar-refractivity contribution is 6.14. The van der Waals surface area contributed by atoms with Crippen LogP contribution in [0.4, 0.5) is 11.4 Å². The smallest absolute Gasteiger partial charge is 0.236 e. The molecule has 5 nitrogen and oxygen atoms in total. The molecular formula is C25H35N3O2. The van der Waals surface area contributed by atoms with E-state index in [0.717, 1.165) is 30.3 Å². The van der Waals surface area contributed by atoms with Crippen LogP contribution in [-0.2, 0) is 9.59 Å². The number of benzene rings is 1. The summed E-state index contributed by atoms with van der Waals surface area (Å²) in [7, 11) is 0. The first kappa shape index (κ1) is 20.0. The standard InChI is InChI=1S/C25H35N3O2/c29-24-17-25(30)28(23-14-7-6-13-22(23)26-24)21-15-19-11-8-12-20(16-21)27(19)18-9-4-2-1-3-5-10-18/h6-7,13-14,18-21H,1-5,8-12,15-17H2,(H,26,29)/t19-,20+,21?. The quantitative estimate of drug-likeness (QED) is 0.710. The zero-order valence-electron chi connectivity index (χ0n) is 18.0. The lowest BCUT2D eigenvalue weighted by Crippen LogP contribution is -2.60. The Balaban J connectivity index is 1.40. The maximum absolute atomic E-state index is 13.1. The number of amides is 2. The summed E-state index contributed by atoms with van der Waals surface area (Å²) in [5.41, 5.74) is 1.66. The predicted molar refractivity (Wildman–Crippen MR) is 120 cm³/mol. The van der Waals surface area contributed by atoms with Crippen LogP contribution < -0.4 is 10.2 Å². The first-order valence-corrected chi connectivity index (χ1v) is 12.2. The van der Waals surface area contributed by atoms with Gasteiger partial charge in [0.2, 0.25) is 11.8 Å². The third-order valence-electron chi connectivity index (χ3n) is 7.89. The highest BCUT2D eigenvalue weighted by Gasteiger charge is 2.44. The van der Waals surface area contributed by atoms with Crippen molar-refractivity contribution in [2.75, 3.05) is 10.2 Å². The number of hydrogen-bond acceptors (Lipinski definition) is 3. The molecule has 1 N–H and O–H groups in total. The van der Waals surface area contributed by atoms with E-state index in [1.165, 1.54) is 64.2 Å². The van der Waals surface area contributed by atoms with Crippen molar-refractivity contribution in [2.24, 2.45) is 0 Å². The van der Waals surface area contributed by atoms with Crippen LogP contribution in [0, 0.1) is 0 Å². The van der Waals surface area contributed by atoms with Gasteiger partial charge in [-0.15, -0.1) is 0 Å². The molecule has 1 aromatic carbocycles. The van der Waals surface area contributed by atoms with E-state index in [4.69, 9.17) is 0 Å². The Morgan fingerprint density at radius 1 is 0.733 bits per heavy atom. The molecule has 3 heterocycles. The fourth-order valence-corrected chi connectivity index (χ4v) is 6.67. The van der Waals surface area contributed by atoms with E-state index in [1.807, 2.05) is 29.2 Å². The molecule has 162 valence electrons. The van der Waals surface area contributed by atoms with Crippen LogP contribution in [0.5, 0.6) is 0 Å². The lowest BCUT2D eigenvalue weighted by molar-refractivity contribution is -0.125. The molecule has 1 unspecified atom stereocenters. The number of nitrogens with one attached hydrogen (secondary N) is 1. The zero-order valence-corrected chi connectivity index (χ0v) is 18.0. The summed E-state index contributed by atoms with van der Waals surface area (Å²) in [5, 5.41) is 2.93. The average molecular weight is 410 g/mol. The Morgan fingerprint density at radius 3 is 2.10 bits per heavy atom. The second kappa shape index (κ2) is 8.70. The van der Waals surface area contributed by atoms with Crippen molar-refractivity contribution in [3.05, 3.63) is 24.3 Å². The molecule has 5 rings (SSSR count). The molecule has 1 aliphatic carbocycles. The van der Waals surface area contributed by atoms with Gasteiger partial charge in [-0.25, -0.2) is 0 Å². The molecule has 4 aliphatic rings. The van der Waals surface area contributed by atoms with Gasteiger partial charge in [0.25, 0.3) is 0 Å². The van der Waals surface area contributed by atoms with Crippen molar-refractivity contribution >= 4 is 23.2 Å². The van der Waals surface area contributed by atoms with Gasteiger partial charge in [-0.05, 0) is 50.7 Å². The van der Waals surface area contributed by atoms with Gasteiger partial charge in [0.05, 0.1) is 11.4 Å². The van der Waals surface area contributed by atoms with Crippen molar-refractivity contribution in [2.45, 2.75) is 108 Å². The monoisotopic (exact) mass is 409 g/mol. The molecule has 3 fully saturated rings. The van der Waals surface area contributed by atoms with E-state index >= 15 is 0 Å². The molecule has 2 saturated heterocycles. The van der Waals surface area contributed by atoms with Gasteiger partial charge in [-0.2, -0.15) is 0 Å².